The maximum absolute atomic E-state index is 4.11. The van der Waals surface area contributed by atoms with Crippen LogP contribution in [-0.2, 0) is 6.54 Å². The van der Waals surface area contributed by atoms with Crippen LogP contribution in [-0.4, -0.2) is 35.1 Å². The van der Waals surface area contributed by atoms with Gasteiger partial charge in [0.05, 0.1) is 0 Å². The third-order valence-corrected chi connectivity index (χ3v) is 5.33. The maximum atomic E-state index is 4.11. The zero-order valence-corrected chi connectivity index (χ0v) is 13.3. The summed E-state index contributed by atoms with van der Waals surface area (Å²) in [6.45, 7) is 5.62. The number of hydrogen-bond acceptors (Lipinski definition) is 3. The molecule has 2 fully saturated rings. The van der Waals surface area contributed by atoms with Crippen LogP contribution < -0.4 is 5.32 Å². The van der Waals surface area contributed by atoms with Gasteiger partial charge in [-0.15, -0.1) is 0 Å². The van der Waals surface area contributed by atoms with E-state index in [4.69, 9.17) is 0 Å². The second kappa shape index (κ2) is 7.37. The second-order valence-electron chi connectivity index (χ2n) is 6.78. The fraction of sp³-hybridized carbons (Fsp3) is 0.722. The molecule has 116 valence electrons. The molecule has 0 amide bonds. The van der Waals surface area contributed by atoms with Gasteiger partial charge in [0.25, 0.3) is 0 Å². The van der Waals surface area contributed by atoms with Gasteiger partial charge in [0.1, 0.15) is 0 Å². The first-order chi connectivity index (χ1) is 10.3. The van der Waals surface area contributed by atoms with Crippen LogP contribution in [0.25, 0.3) is 0 Å². The number of pyridine rings is 1. The fourth-order valence-electron chi connectivity index (χ4n) is 4.08. The van der Waals surface area contributed by atoms with Crippen LogP contribution >= 0.6 is 0 Å². The summed E-state index contributed by atoms with van der Waals surface area (Å²) in [5.74, 6) is 0.963. The Balaban J connectivity index is 1.52. The Morgan fingerprint density at radius 3 is 2.76 bits per heavy atom. The first-order valence-corrected chi connectivity index (χ1v) is 8.72. The molecule has 0 bridgehead atoms. The summed E-state index contributed by atoms with van der Waals surface area (Å²) in [5.41, 5.74) is 1.37. The summed E-state index contributed by atoms with van der Waals surface area (Å²) >= 11 is 0. The highest BCUT2D eigenvalue weighted by molar-refractivity contribution is 5.09. The minimum Gasteiger partial charge on any atom is -0.310 e. The summed E-state index contributed by atoms with van der Waals surface area (Å²) in [6.07, 6.45) is 12.3. The van der Waals surface area contributed by atoms with Gasteiger partial charge < -0.3 is 5.32 Å². The van der Waals surface area contributed by atoms with Crippen LogP contribution in [0.5, 0.6) is 0 Å². The molecule has 0 radical (unpaired) electrons. The molecule has 3 heteroatoms. The molecule has 21 heavy (non-hydrogen) atoms. The molecule has 1 saturated heterocycles. The first kappa shape index (κ1) is 15.0. The van der Waals surface area contributed by atoms with E-state index in [2.05, 4.69) is 34.3 Å². The highest BCUT2D eigenvalue weighted by atomic mass is 15.2. The van der Waals surface area contributed by atoms with Crippen molar-refractivity contribution in [3.8, 4) is 0 Å². The molecule has 1 N–H and O–H groups in total. The number of nitrogens with one attached hydrogen (secondary N) is 1. The molecular formula is C18H29N3. The van der Waals surface area contributed by atoms with Crippen molar-refractivity contribution in [1.82, 2.24) is 15.2 Å². The van der Waals surface area contributed by atoms with Gasteiger partial charge in [-0.3, -0.25) is 9.88 Å². The monoisotopic (exact) mass is 287 g/mol. The van der Waals surface area contributed by atoms with Crippen molar-refractivity contribution in [2.45, 2.75) is 64.1 Å². The van der Waals surface area contributed by atoms with Gasteiger partial charge in [-0.25, -0.2) is 0 Å². The van der Waals surface area contributed by atoms with Crippen LogP contribution in [0.15, 0.2) is 24.5 Å². The lowest BCUT2D eigenvalue weighted by atomic mass is 9.77. The number of hydrogen-bond donors (Lipinski definition) is 1. The maximum Gasteiger partial charge on any atom is 0.0271 e. The topological polar surface area (TPSA) is 28.2 Å². The van der Waals surface area contributed by atoms with Crippen molar-refractivity contribution in [2.24, 2.45) is 5.92 Å². The standard InChI is InChI=1S/C18H29N3/c1-2-21(13-15-9-11-19-12-10-15)14-17-8-7-16-5-3-4-6-18(16)20-17/h9-12,16-18,20H,2-8,13-14H2,1H3. The van der Waals surface area contributed by atoms with Crippen molar-refractivity contribution in [3.05, 3.63) is 30.1 Å². The lowest BCUT2D eigenvalue weighted by Crippen LogP contribution is -2.52. The average molecular weight is 287 g/mol. The minimum atomic E-state index is 0.686. The van der Waals surface area contributed by atoms with Gasteiger partial charge in [-0.1, -0.05) is 19.8 Å². The summed E-state index contributed by atoms with van der Waals surface area (Å²) in [5, 5.41) is 3.95. The van der Waals surface area contributed by atoms with Gasteiger partial charge in [-0.2, -0.15) is 0 Å². The smallest absolute Gasteiger partial charge is 0.0271 e. The van der Waals surface area contributed by atoms with E-state index in [1.54, 1.807) is 0 Å². The Hall–Kier alpha value is -0.930. The van der Waals surface area contributed by atoms with Gasteiger partial charge in [0, 0.05) is 37.6 Å². The van der Waals surface area contributed by atoms with Gasteiger partial charge in [0.2, 0.25) is 0 Å². The SMILES string of the molecule is CCN(Cc1ccncc1)CC1CCC2CCCCC2N1. The predicted molar refractivity (Wildman–Crippen MR) is 87.1 cm³/mol. The van der Waals surface area contributed by atoms with E-state index in [0.717, 1.165) is 25.0 Å². The highest BCUT2D eigenvalue weighted by Gasteiger charge is 2.31. The summed E-state index contributed by atoms with van der Waals surface area (Å²) in [6, 6.07) is 5.76. The molecule has 1 aliphatic heterocycles. The Kier molecular flexibility index (Phi) is 5.26. The molecule has 3 atom stereocenters. The van der Waals surface area contributed by atoms with Crippen LogP contribution in [0.2, 0.25) is 0 Å². The Bertz CT molecular complexity index is 420. The molecule has 0 aromatic carbocycles. The van der Waals surface area contributed by atoms with Crippen LogP contribution in [0, 0.1) is 5.92 Å². The van der Waals surface area contributed by atoms with E-state index in [-0.39, 0.29) is 0 Å². The highest BCUT2D eigenvalue weighted by Crippen LogP contribution is 2.32. The third kappa shape index (κ3) is 4.04. The number of aromatic nitrogens is 1. The number of rotatable bonds is 5. The van der Waals surface area contributed by atoms with Crippen molar-refractivity contribution in [1.29, 1.82) is 0 Å². The molecule has 2 heterocycles. The molecule has 3 nitrogen and oxygen atoms in total. The fourth-order valence-corrected chi connectivity index (χ4v) is 4.08. The molecule has 1 saturated carbocycles. The van der Waals surface area contributed by atoms with E-state index in [9.17, 15) is 0 Å². The molecule has 3 rings (SSSR count). The summed E-state index contributed by atoms with van der Waals surface area (Å²) in [7, 11) is 0. The van der Waals surface area contributed by atoms with Gasteiger partial charge >= 0.3 is 0 Å². The van der Waals surface area contributed by atoms with Crippen molar-refractivity contribution in [2.75, 3.05) is 13.1 Å². The third-order valence-electron chi connectivity index (χ3n) is 5.33. The van der Waals surface area contributed by atoms with E-state index in [0.29, 0.717) is 6.04 Å². The zero-order valence-electron chi connectivity index (χ0n) is 13.3. The summed E-state index contributed by atoms with van der Waals surface area (Å²) < 4.78 is 0. The van der Waals surface area contributed by atoms with Crippen LogP contribution in [0.4, 0.5) is 0 Å². The molecular weight excluding hydrogens is 258 g/mol. The van der Waals surface area contributed by atoms with E-state index in [1.807, 2.05) is 12.4 Å². The average Bonchev–Trinajstić information content (AvgIpc) is 2.55. The van der Waals surface area contributed by atoms with E-state index < -0.39 is 0 Å². The van der Waals surface area contributed by atoms with E-state index in [1.165, 1.54) is 50.6 Å². The van der Waals surface area contributed by atoms with Gasteiger partial charge in [-0.05, 0) is 55.8 Å². The Labute approximate surface area is 129 Å². The van der Waals surface area contributed by atoms with Crippen molar-refractivity contribution in [3.63, 3.8) is 0 Å². The van der Waals surface area contributed by atoms with E-state index >= 15 is 0 Å². The Morgan fingerprint density at radius 2 is 1.95 bits per heavy atom. The van der Waals surface area contributed by atoms with Crippen LogP contribution in [0.1, 0.15) is 51.0 Å². The van der Waals surface area contributed by atoms with Crippen molar-refractivity contribution >= 4 is 0 Å². The molecule has 0 spiro atoms. The Morgan fingerprint density at radius 1 is 1.14 bits per heavy atom. The number of fused-ring (bicyclic) bond motifs is 1. The normalized spacial score (nSPS) is 29.3. The quantitative estimate of drug-likeness (QED) is 0.901. The molecule has 2 aliphatic rings. The summed E-state index contributed by atoms with van der Waals surface area (Å²) in [4.78, 5) is 6.67. The second-order valence-corrected chi connectivity index (χ2v) is 6.78. The first-order valence-electron chi connectivity index (χ1n) is 8.72. The lowest BCUT2D eigenvalue weighted by Gasteiger charge is -2.42. The molecule has 1 aliphatic carbocycles. The van der Waals surface area contributed by atoms with Crippen LogP contribution in [0.3, 0.4) is 0 Å². The van der Waals surface area contributed by atoms with Gasteiger partial charge in [0.15, 0.2) is 0 Å². The minimum absolute atomic E-state index is 0.686. The van der Waals surface area contributed by atoms with Crippen molar-refractivity contribution < 1.29 is 0 Å². The zero-order chi connectivity index (χ0) is 14.5. The lowest BCUT2D eigenvalue weighted by molar-refractivity contribution is 0.143. The predicted octanol–water partition coefficient (Wildman–Crippen LogP) is 3.21. The number of likely N-dealkylation sites (N-methyl/N-ethyl adjacent to an activating group) is 1. The largest absolute Gasteiger partial charge is 0.310 e. The molecule has 1 aromatic heterocycles. The molecule has 3 unspecified atom stereocenters. The molecule has 1 aromatic rings. The number of piperidine rings is 1. The number of nitrogens with zero attached hydrogens (tertiary/aromatic N) is 2.